The van der Waals surface area contributed by atoms with E-state index in [9.17, 15) is 10.5 Å². The summed E-state index contributed by atoms with van der Waals surface area (Å²) in [6.45, 7) is 4.60. The number of nitrogens with zero attached hydrogens (tertiary/aromatic N) is 4. The predicted molar refractivity (Wildman–Crippen MR) is 176 cm³/mol. The Balaban J connectivity index is 1.36. The van der Waals surface area contributed by atoms with Gasteiger partial charge in [-0.2, -0.15) is 10.5 Å². The number of para-hydroxylation sites is 1. The van der Waals surface area contributed by atoms with E-state index in [0.717, 1.165) is 38.8 Å². The van der Waals surface area contributed by atoms with Gasteiger partial charge in [-0.25, -0.2) is 4.98 Å². The number of nitriles is 2. The molecular formula is C40H26N4. The zero-order chi connectivity index (χ0) is 30.0. The number of hydrogen-bond acceptors (Lipinski definition) is 3. The average Bonchev–Trinajstić information content (AvgIpc) is 3.51. The van der Waals surface area contributed by atoms with E-state index in [0.29, 0.717) is 16.8 Å². The summed E-state index contributed by atoms with van der Waals surface area (Å²) in [5.41, 5.74) is 12.2. The molecule has 0 radical (unpaired) electrons. The minimum atomic E-state index is -0.108. The molecule has 0 saturated heterocycles. The fourth-order valence-corrected chi connectivity index (χ4v) is 6.97. The standard InChI is InChI=1S/C40H26N4/c1-40(2)34-14-8-6-12-29(34)32-21-39-33(20-35(32)40)30-13-7-9-15-38(30)44(39)37-17-16-26(18-27(37)22-41)31-19-28(24-43-36(31)23-42)25-10-4-3-5-11-25/h3-21,24H,1-2H3. The first-order chi connectivity index (χ1) is 21.5. The minimum absolute atomic E-state index is 0.108. The molecule has 0 N–H and O–H groups in total. The SMILES string of the molecule is CC1(C)c2ccccc2-c2cc3c(cc21)c1ccccc1n3-c1ccc(-c2cc(-c3ccccc3)cnc2C#N)cc1C#N. The second-order valence-electron chi connectivity index (χ2n) is 11.9. The Kier molecular flexibility index (Phi) is 5.57. The van der Waals surface area contributed by atoms with E-state index in [1.807, 2.05) is 60.7 Å². The fraction of sp³-hybridized carbons (Fsp3) is 0.0750. The van der Waals surface area contributed by atoms with E-state index in [1.54, 1.807) is 6.20 Å². The van der Waals surface area contributed by atoms with Gasteiger partial charge < -0.3 is 4.57 Å². The van der Waals surface area contributed by atoms with Crippen molar-refractivity contribution in [2.75, 3.05) is 0 Å². The van der Waals surface area contributed by atoms with Gasteiger partial charge in [0, 0.05) is 33.5 Å². The van der Waals surface area contributed by atoms with Gasteiger partial charge in [-0.1, -0.05) is 92.7 Å². The van der Waals surface area contributed by atoms with E-state index < -0.39 is 0 Å². The smallest absolute Gasteiger partial charge is 0.148 e. The van der Waals surface area contributed by atoms with E-state index in [2.05, 4.69) is 90.1 Å². The summed E-state index contributed by atoms with van der Waals surface area (Å²) in [7, 11) is 0. The van der Waals surface area contributed by atoms with Crippen LogP contribution in [0.3, 0.4) is 0 Å². The Bertz CT molecular complexity index is 2380. The van der Waals surface area contributed by atoms with Crippen molar-refractivity contribution >= 4 is 21.8 Å². The number of pyridine rings is 1. The molecule has 0 atom stereocenters. The van der Waals surface area contributed by atoms with Gasteiger partial charge in [0.15, 0.2) is 0 Å². The van der Waals surface area contributed by atoms with Crippen molar-refractivity contribution in [3.05, 3.63) is 144 Å². The number of fused-ring (bicyclic) bond motifs is 6. The minimum Gasteiger partial charge on any atom is -0.308 e. The zero-order valence-electron chi connectivity index (χ0n) is 24.3. The van der Waals surface area contributed by atoms with Crippen LogP contribution in [-0.2, 0) is 5.41 Å². The molecule has 1 aliphatic rings. The van der Waals surface area contributed by atoms with Crippen LogP contribution in [0.15, 0.2) is 121 Å². The summed E-state index contributed by atoms with van der Waals surface area (Å²) in [4.78, 5) is 4.47. The molecule has 0 spiro atoms. The topological polar surface area (TPSA) is 65.4 Å². The van der Waals surface area contributed by atoms with Crippen molar-refractivity contribution in [2.24, 2.45) is 0 Å². The zero-order valence-corrected chi connectivity index (χ0v) is 24.3. The van der Waals surface area contributed by atoms with Gasteiger partial charge in [-0.05, 0) is 69.8 Å². The van der Waals surface area contributed by atoms with Gasteiger partial charge in [0.1, 0.15) is 17.8 Å². The molecule has 4 heteroatoms. The normalized spacial score (nSPS) is 12.9. The van der Waals surface area contributed by atoms with Crippen molar-refractivity contribution in [1.29, 1.82) is 10.5 Å². The van der Waals surface area contributed by atoms with E-state index in [-0.39, 0.29) is 5.41 Å². The highest BCUT2D eigenvalue weighted by molar-refractivity contribution is 6.11. The Morgan fingerprint density at radius 2 is 1.36 bits per heavy atom. The maximum Gasteiger partial charge on any atom is 0.148 e. The van der Waals surface area contributed by atoms with Crippen LogP contribution in [0.1, 0.15) is 36.2 Å². The average molecular weight is 563 g/mol. The first-order valence-corrected chi connectivity index (χ1v) is 14.7. The molecule has 4 nitrogen and oxygen atoms in total. The number of rotatable bonds is 3. The number of aromatic nitrogens is 2. The van der Waals surface area contributed by atoms with Gasteiger partial charge in [0.25, 0.3) is 0 Å². The summed E-state index contributed by atoms with van der Waals surface area (Å²) < 4.78 is 2.21. The van der Waals surface area contributed by atoms with Crippen molar-refractivity contribution in [2.45, 2.75) is 19.3 Å². The molecule has 0 amide bonds. The maximum absolute atomic E-state index is 10.5. The highest BCUT2D eigenvalue weighted by Gasteiger charge is 2.36. The molecular weight excluding hydrogens is 536 g/mol. The summed E-state index contributed by atoms with van der Waals surface area (Å²) >= 11 is 0. The summed E-state index contributed by atoms with van der Waals surface area (Å²) in [5.74, 6) is 0. The number of benzene rings is 5. The van der Waals surface area contributed by atoms with Crippen LogP contribution in [-0.4, -0.2) is 9.55 Å². The first-order valence-electron chi connectivity index (χ1n) is 14.7. The Labute approximate surface area is 255 Å². The van der Waals surface area contributed by atoms with Crippen LogP contribution in [0.2, 0.25) is 0 Å². The van der Waals surface area contributed by atoms with E-state index in [1.165, 1.54) is 27.6 Å². The lowest BCUT2D eigenvalue weighted by atomic mass is 9.82. The summed E-state index contributed by atoms with van der Waals surface area (Å²) in [6.07, 6.45) is 1.73. The number of hydrogen-bond donors (Lipinski definition) is 0. The van der Waals surface area contributed by atoms with Crippen molar-refractivity contribution in [1.82, 2.24) is 9.55 Å². The van der Waals surface area contributed by atoms with Gasteiger partial charge in [0.05, 0.1) is 22.3 Å². The molecule has 206 valence electrons. The fourth-order valence-electron chi connectivity index (χ4n) is 6.97. The largest absolute Gasteiger partial charge is 0.308 e. The molecule has 2 aromatic heterocycles. The van der Waals surface area contributed by atoms with Gasteiger partial charge in [0.2, 0.25) is 0 Å². The third-order valence-corrected chi connectivity index (χ3v) is 9.15. The Morgan fingerprint density at radius 3 is 2.18 bits per heavy atom. The molecule has 0 unspecified atom stereocenters. The van der Waals surface area contributed by atoms with E-state index in [4.69, 9.17) is 0 Å². The molecule has 0 bridgehead atoms. The lowest BCUT2D eigenvalue weighted by Crippen LogP contribution is -2.14. The Hall–Kier alpha value is -5.97. The highest BCUT2D eigenvalue weighted by atomic mass is 15.0. The van der Waals surface area contributed by atoms with Crippen LogP contribution in [0.4, 0.5) is 0 Å². The second kappa shape index (κ2) is 9.53. The molecule has 8 rings (SSSR count). The third-order valence-electron chi connectivity index (χ3n) is 9.15. The molecule has 44 heavy (non-hydrogen) atoms. The summed E-state index contributed by atoms with van der Waals surface area (Å²) in [6, 6.07) is 44.3. The van der Waals surface area contributed by atoms with Crippen LogP contribution in [0.25, 0.3) is 60.9 Å². The van der Waals surface area contributed by atoms with Crippen molar-refractivity contribution < 1.29 is 0 Å². The molecule has 0 aliphatic heterocycles. The van der Waals surface area contributed by atoms with Gasteiger partial charge in [-0.15, -0.1) is 0 Å². The summed E-state index contributed by atoms with van der Waals surface area (Å²) in [5, 5.41) is 22.7. The monoisotopic (exact) mass is 562 g/mol. The molecule has 0 saturated carbocycles. The van der Waals surface area contributed by atoms with Gasteiger partial charge >= 0.3 is 0 Å². The third kappa shape index (κ3) is 3.65. The Morgan fingerprint density at radius 1 is 0.591 bits per heavy atom. The highest BCUT2D eigenvalue weighted by Crippen LogP contribution is 2.51. The van der Waals surface area contributed by atoms with Crippen LogP contribution >= 0.6 is 0 Å². The first kappa shape index (κ1) is 25.7. The molecule has 0 fully saturated rings. The maximum atomic E-state index is 10.5. The van der Waals surface area contributed by atoms with Crippen LogP contribution in [0.5, 0.6) is 0 Å². The lowest BCUT2D eigenvalue weighted by Gasteiger charge is -2.21. The molecule has 7 aromatic rings. The molecule has 1 aliphatic carbocycles. The molecule has 5 aromatic carbocycles. The van der Waals surface area contributed by atoms with Crippen LogP contribution < -0.4 is 0 Å². The van der Waals surface area contributed by atoms with Crippen molar-refractivity contribution in [3.8, 4) is 51.2 Å². The van der Waals surface area contributed by atoms with Crippen LogP contribution in [0, 0.1) is 22.7 Å². The predicted octanol–water partition coefficient (Wildman–Crippen LogP) is 9.56. The second-order valence-corrected chi connectivity index (χ2v) is 11.9. The van der Waals surface area contributed by atoms with E-state index >= 15 is 0 Å². The van der Waals surface area contributed by atoms with Gasteiger partial charge in [-0.3, -0.25) is 0 Å². The quantitative estimate of drug-likeness (QED) is 0.215. The molecule has 2 heterocycles. The lowest BCUT2D eigenvalue weighted by molar-refractivity contribution is 0.661. The van der Waals surface area contributed by atoms with Crippen molar-refractivity contribution in [3.63, 3.8) is 0 Å².